The van der Waals surface area contributed by atoms with E-state index in [1.54, 1.807) is 6.07 Å². The summed E-state index contributed by atoms with van der Waals surface area (Å²) in [6, 6.07) is 5.09. The number of amides is 1. The minimum Gasteiger partial charge on any atom is -0.369 e. The first-order chi connectivity index (χ1) is 11.6. The smallest absolute Gasteiger partial charge is 0.220 e. The van der Waals surface area contributed by atoms with Gasteiger partial charge in [0.25, 0.3) is 0 Å². The number of hydrogen-bond acceptors (Lipinski definition) is 3. The molecule has 3 N–H and O–H groups in total. The highest BCUT2D eigenvalue weighted by Crippen LogP contribution is 2.24. The van der Waals surface area contributed by atoms with Gasteiger partial charge in [0.15, 0.2) is 0 Å². The highest BCUT2D eigenvalue weighted by Gasteiger charge is 2.22. The van der Waals surface area contributed by atoms with E-state index in [9.17, 15) is 9.18 Å². The van der Waals surface area contributed by atoms with E-state index in [0.717, 1.165) is 69.4 Å². The molecule has 1 fully saturated rings. The molecular formula is C19H32Cl2FN3O. The number of carbonyl (C=O) groups is 1. The number of hydrogen-bond donors (Lipinski definition) is 2. The molecule has 1 saturated heterocycles. The molecule has 150 valence electrons. The Labute approximate surface area is 168 Å². The molecule has 26 heavy (non-hydrogen) atoms. The Balaban J connectivity index is 0.00000312. The maximum Gasteiger partial charge on any atom is 0.220 e. The van der Waals surface area contributed by atoms with E-state index in [-0.39, 0.29) is 42.6 Å². The quantitative estimate of drug-likeness (QED) is 0.640. The van der Waals surface area contributed by atoms with Crippen molar-refractivity contribution in [1.29, 1.82) is 0 Å². The van der Waals surface area contributed by atoms with Crippen LogP contribution in [0.1, 0.15) is 50.5 Å². The number of nitrogens with zero attached hydrogens (tertiary/aromatic N) is 1. The summed E-state index contributed by atoms with van der Waals surface area (Å²) in [5.74, 6) is -0.0572. The van der Waals surface area contributed by atoms with Crippen LogP contribution < -0.4 is 16.0 Å². The molecule has 1 atom stereocenters. The molecule has 1 aromatic carbocycles. The van der Waals surface area contributed by atoms with Crippen molar-refractivity contribution in [3.63, 3.8) is 0 Å². The molecule has 1 aromatic rings. The summed E-state index contributed by atoms with van der Waals surface area (Å²) in [4.78, 5) is 14.3. The number of aryl methyl sites for hydroxylation is 1. The first-order valence-electron chi connectivity index (χ1n) is 9.10. The largest absolute Gasteiger partial charge is 0.369 e. The minimum absolute atomic E-state index is 0. The molecule has 0 bridgehead atoms. The maximum absolute atomic E-state index is 13.3. The molecule has 0 aromatic heterocycles. The molecular weight excluding hydrogens is 376 g/mol. The fourth-order valence-corrected chi connectivity index (χ4v) is 3.37. The molecule has 0 spiro atoms. The van der Waals surface area contributed by atoms with E-state index >= 15 is 0 Å². The van der Waals surface area contributed by atoms with Gasteiger partial charge in [-0.2, -0.15) is 0 Å². The molecule has 2 rings (SSSR count). The zero-order valence-corrected chi connectivity index (χ0v) is 17.1. The topological polar surface area (TPSA) is 58.4 Å². The molecule has 4 nitrogen and oxygen atoms in total. The second-order valence-electron chi connectivity index (χ2n) is 6.74. The van der Waals surface area contributed by atoms with Gasteiger partial charge in [0.05, 0.1) is 0 Å². The second kappa shape index (κ2) is 13.2. The van der Waals surface area contributed by atoms with Crippen molar-refractivity contribution in [2.45, 2.75) is 57.9 Å². The van der Waals surface area contributed by atoms with Crippen LogP contribution in [-0.2, 0) is 4.79 Å². The molecule has 1 unspecified atom stereocenters. The fourth-order valence-electron chi connectivity index (χ4n) is 3.37. The molecule has 1 amide bonds. The molecule has 1 heterocycles. The number of carbonyl (C=O) groups excluding carboxylic acids is 1. The summed E-state index contributed by atoms with van der Waals surface area (Å²) >= 11 is 0. The Morgan fingerprint density at radius 3 is 2.69 bits per heavy atom. The highest BCUT2D eigenvalue weighted by atomic mass is 35.5. The van der Waals surface area contributed by atoms with Crippen LogP contribution in [0.2, 0.25) is 0 Å². The van der Waals surface area contributed by atoms with Gasteiger partial charge in [0, 0.05) is 31.2 Å². The van der Waals surface area contributed by atoms with Gasteiger partial charge < -0.3 is 16.0 Å². The van der Waals surface area contributed by atoms with Crippen LogP contribution in [0.15, 0.2) is 18.2 Å². The summed E-state index contributed by atoms with van der Waals surface area (Å²) in [7, 11) is 0. The first kappa shape index (κ1) is 25.0. The van der Waals surface area contributed by atoms with Crippen LogP contribution >= 0.6 is 24.8 Å². The van der Waals surface area contributed by atoms with E-state index in [1.165, 1.54) is 6.07 Å². The number of halogens is 3. The molecule has 0 saturated carbocycles. The number of rotatable bonds is 8. The predicted molar refractivity (Wildman–Crippen MR) is 111 cm³/mol. The lowest BCUT2D eigenvalue weighted by atomic mass is 10.0. The van der Waals surface area contributed by atoms with Crippen LogP contribution in [0.25, 0.3) is 0 Å². The van der Waals surface area contributed by atoms with Gasteiger partial charge >= 0.3 is 0 Å². The zero-order valence-electron chi connectivity index (χ0n) is 15.5. The monoisotopic (exact) mass is 407 g/mol. The Hall–Kier alpha value is -1.04. The van der Waals surface area contributed by atoms with Crippen LogP contribution in [0.3, 0.4) is 0 Å². The normalized spacial score (nSPS) is 16.4. The van der Waals surface area contributed by atoms with Gasteiger partial charge in [-0.05, 0) is 62.9 Å². The van der Waals surface area contributed by atoms with Crippen molar-refractivity contribution in [3.8, 4) is 0 Å². The lowest BCUT2D eigenvalue weighted by molar-refractivity contribution is -0.122. The van der Waals surface area contributed by atoms with E-state index in [1.807, 2.05) is 13.0 Å². The summed E-state index contributed by atoms with van der Waals surface area (Å²) in [6.45, 7) is 4.41. The van der Waals surface area contributed by atoms with Crippen molar-refractivity contribution in [3.05, 3.63) is 29.6 Å². The van der Waals surface area contributed by atoms with E-state index in [0.29, 0.717) is 6.42 Å². The van der Waals surface area contributed by atoms with Crippen molar-refractivity contribution in [1.82, 2.24) is 5.32 Å². The Morgan fingerprint density at radius 1 is 1.27 bits per heavy atom. The molecule has 1 aliphatic rings. The highest BCUT2D eigenvalue weighted by molar-refractivity contribution is 5.85. The van der Waals surface area contributed by atoms with Crippen molar-refractivity contribution in [2.24, 2.45) is 5.73 Å². The Morgan fingerprint density at radius 2 is 2.00 bits per heavy atom. The van der Waals surface area contributed by atoms with Gasteiger partial charge in [0.2, 0.25) is 5.91 Å². The molecule has 1 aliphatic heterocycles. The number of unbranched alkanes of at least 4 members (excludes halogenated alkanes) is 3. The number of nitrogens with two attached hydrogens (primary N) is 1. The van der Waals surface area contributed by atoms with E-state index < -0.39 is 0 Å². The number of benzene rings is 1. The zero-order chi connectivity index (χ0) is 17.4. The van der Waals surface area contributed by atoms with Crippen LogP contribution in [0.4, 0.5) is 10.1 Å². The van der Waals surface area contributed by atoms with Gasteiger partial charge in [-0.1, -0.05) is 12.8 Å². The van der Waals surface area contributed by atoms with Gasteiger partial charge in [-0.25, -0.2) is 4.39 Å². The third-order valence-electron chi connectivity index (χ3n) is 4.64. The van der Waals surface area contributed by atoms with Crippen LogP contribution in [0, 0.1) is 12.7 Å². The standard InChI is InChI=1S/C19H30FN3O.2ClH/c1-15-13-16(20)9-10-18(15)23-12-6-7-17(14-23)22-19(24)8-4-2-3-5-11-21;;/h9-10,13,17H,2-8,11-12,14,21H2,1H3,(H,22,24);2*1H. The molecule has 0 radical (unpaired) electrons. The molecule has 7 heteroatoms. The van der Waals surface area contributed by atoms with Gasteiger partial charge in [-0.3, -0.25) is 4.79 Å². The van der Waals surface area contributed by atoms with Crippen LogP contribution in [-0.4, -0.2) is 31.6 Å². The lowest BCUT2D eigenvalue weighted by Gasteiger charge is -2.35. The average Bonchev–Trinajstić information content (AvgIpc) is 2.55. The lowest BCUT2D eigenvalue weighted by Crippen LogP contribution is -2.48. The average molecular weight is 408 g/mol. The Kier molecular flexibility index (Phi) is 12.7. The van der Waals surface area contributed by atoms with Gasteiger partial charge in [0.1, 0.15) is 5.82 Å². The van der Waals surface area contributed by atoms with E-state index in [2.05, 4.69) is 10.2 Å². The fraction of sp³-hybridized carbons (Fsp3) is 0.632. The maximum atomic E-state index is 13.3. The molecule has 0 aliphatic carbocycles. The number of piperidine rings is 1. The first-order valence-corrected chi connectivity index (χ1v) is 9.10. The second-order valence-corrected chi connectivity index (χ2v) is 6.74. The summed E-state index contributed by atoms with van der Waals surface area (Å²) in [5, 5.41) is 3.16. The van der Waals surface area contributed by atoms with Crippen molar-refractivity contribution in [2.75, 3.05) is 24.5 Å². The predicted octanol–water partition coefficient (Wildman–Crippen LogP) is 3.97. The van der Waals surface area contributed by atoms with Crippen LogP contribution in [0.5, 0.6) is 0 Å². The van der Waals surface area contributed by atoms with Crippen molar-refractivity contribution >= 4 is 36.4 Å². The third kappa shape index (κ3) is 8.11. The van der Waals surface area contributed by atoms with Crippen molar-refractivity contribution < 1.29 is 9.18 Å². The Bertz CT molecular complexity index is 546. The SMILES string of the molecule is Cc1cc(F)ccc1N1CCCC(NC(=O)CCCCCCN)C1.Cl.Cl. The van der Waals surface area contributed by atoms with E-state index in [4.69, 9.17) is 5.73 Å². The van der Waals surface area contributed by atoms with Gasteiger partial charge in [-0.15, -0.1) is 24.8 Å². The summed E-state index contributed by atoms with van der Waals surface area (Å²) in [6.07, 6.45) is 6.78. The number of anilines is 1. The summed E-state index contributed by atoms with van der Waals surface area (Å²) in [5.41, 5.74) is 7.48. The minimum atomic E-state index is -0.201. The number of nitrogens with one attached hydrogen (secondary N) is 1. The third-order valence-corrected chi connectivity index (χ3v) is 4.64. The summed E-state index contributed by atoms with van der Waals surface area (Å²) < 4.78 is 13.3.